The van der Waals surface area contributed by atoms with Gasteiger partial charge in [0, 0.05) is 37.3 Å². The molecule has 45 heavy (non-hydrogen) atoms. The van der Waals surface area contributed by atoms with E-state index in [1.165, 1.54) is 33.1 Å². The number of anilines is 1. The van der Waals surface area contributed by atoms with Gasteiger partial charge in [-0.2, -0.15) is 0 Å². The van der Waals surface area contributed by atoms with Gasteiger partial charge in [0.1, 0.15) is 21.3 Å². The van der Waals surface area contributed by atoms with Crippen molar-refractivity contribution in [3.63, 3.8) is 0 Å². The Balaban J connectivity index is 1.47. The lowest BCUT2D eigenvalue weighted by Gasteiger charge is -2.36. The molecule has 0 unspecified atom stereocenters. The minimum atomic E-state index is -0.553. The number of carbonyl (C=O) groups excluding carboxylic acids is 2. The number of thioether (sulfide) groups is 1. The average Bonchev–Trinajstić information content (AvgIpc) is 3.02. The fraction of sp³-hybridized carbons (Fsp3) is 0.419. The van der Waals surface area contributed by atoms with E-state index in [4.69, 9.17) is 36.1 Å². The third kappa shape index (κ3) is 8.72. The van der Waals surface area contributed by atoms with Gasteiger partial charge in [-0.3, -0.25) is 10.1 Å². The first-order chi connectivity index (χ1) is 21.4. The van der Waals surface area contributed by atoms with Crippen LogP contribution in [0.5, 0.6) is 17.2 Å². The van der Waals surface area contributed by atoms with Gasteiger partial charge in [0.2, 0.25) is 17.6 Å². The van der Waals surface area contributed by atoms with Crippen LogP contribution in [0.15, 0.2) is 36.4 Å². The number of benzene rings is 2. The van der Waals surface area contributed by atoms with E-state index in [0.29, 0.717) is 64.7 Å². The number of methoxy groups -OCH3 is 3. The van der Waals surface area contributed by atoms with E-state index in [2.05, 4.69) is 15.5 Å². The zero-order chi connectivity index (χ0) is 32.7. The van der Waals surface area contributed by atoms with Crippen molar-refractivity contribution in [3.05, 3.63) is 42.0 Å². The lowest BCUT2D eigenvalue weighted by molar-refractivity contribution is -0.113. The summed E-state index contributed by atoms with van der Waals surface area (Å²) in [4.78, 5) is 33.7. The molecule has 1 fully saturated rings. The Hall–Kier alpha value is -4.17. The first-order valence-corrected chi connectivity index (χ1v) is 15.6. The van der Waals surface area contributed by atoms with Crippen molar-refractivity contribution in [1.82, 2.24) is 25.0 Å². The van der Waals surface area contributed by atoms with E-state index in [9.17, 15) is 9.59 Å². The van der Waals surface area contributed by atoms with Gasteiger partial charge >= 0.3 is 6.09 Å². The maximum Gasteiger partial charge on any atom is 0.410 e. The number of thiocarbonyl (C=S) groups is 1. The minimum absolute atomic E-state index is 0.0390. The third-order valence-corrected chi connectivity index (χ3v) is 8.24. The van der Waals surface area contributed by atoms with Crippen LogP contribution in [0.2, 0.25) is 0 Å². The topological polar surface area (TPSA) is 128 Å². The molecule has 0 atom stereocenters. The summed E-state index contributed by atoms with van der Waals surface area (Å²) in [7, 11) is 4.61. The summed E-state index contributed by atoms with van der Waals surface area (Å²) < 4.78 is 22.6. The highest BCUT2D eigenvalue weighted by molar-refractivity contribution is 8.23. The third-order valence-electron chi connectivity index (χ3n) is 6.72. The smallest absolute Gasteiger partial charge is 0.410 e. The highest BCUT2D eigenvalue weighted by atomic mass is 32.2. The molecule has 2 heterocycles. The van der Waals surface area contributed by atoms with Gasteiger partial charge < -0.3 is 28.7 Å². The van der Waals surface area contributed by atoms with Gasteiger partial charge in [0.15, 0.2) is 11.5 Å². The first-order valence-electron chi connectivity index (χ1n) is 14.2. The first kappa shape index (κ1) is 33.7. The second kappa shape index (κ2) is 14.7. The molecule has 1 aliphatic heterocycles. The second-order valence-corrected chi connectivity index (χ2v) is 12.8. The Morgan fingerprint density at radius 1 is 0.889 bits per heavy atom. The maximum atomic E-state index is 13.0. The van der Waals surface area contributed by atoms with Crippen LogP contribution >= 0.6 is 24.0 Å². The Morgan fingerprint density at radius 3 is 2.04 bits per heavy atom. The number of hydrogen-bond acceptors (Lipinski definition) is 11. The summed E-state index contributed by atoms with van der Waals surface area (Å²) in [6, 6.07) is 11.4. The summed E-state index contributed by atoms with van der Waals surface area (Å²) in [6.45, 7) is 9.59. The average molecular weight is 655 g/mol. The number of rotatable bonds is 8. The van der Waals surface area contributed by atoms with Crippen LogP contribution in [-0.2, 0) is 9.53 Å². The number of hydrogen-bond donors (Lipinski definition) is 1. The Bertz CT molecular complexity index is 1510. The quantitative estimate of drug-likeness (QED) is 0.327. The lowest BCUT2D eigenvalue weighted by Crippen LogP contribution is -2.50. The highest BCUT2D eigenvalue weighted by Gasteiger charge is 2.27. The Kier molecular flexibility index (Phi) is 11.0. The molecule has 1 aromatic heterocycles. The number of amides is 2. The SMILES string of the molecule is COc1cc(-c2nc(NC(=O)CSC(=S)N3CCN(C(=O)OC(C)(C)C)CC3)nnc2-c2ccc(C)cc2)cc(OC)c1OC. The van der Waals surface area contributed by atoms with Gasteiger partial charge in [0.05, 0.1) is 27.1 Å². The fourth-order valence-corrected chi connectivity index (χ4v) is 5.53. The van der Waals surface area contributed by atoms with Crippen molar-refractivity contribution in [2.24, 2.45) is 0 Å². The summed E-state index contributed by atoms with van der Waals surface area (Å²) in [5.41, 5.74) is 2.96. The second-order valence-electron chi connectivity index (χ2n) is 11.2. The van der Waals surface area contributed by atoms with E-state index < -0.39 is 5.60 Å². The zero-order valence-electron chi connectivity index (χ0n) is 26.5. The molecule has 0 bridgehead atoms. The Morgan fingerprint density at radius 2 is 1.49 bits per heavy atom. The van der Waals surface area contributed by atoms with Crippen LogP contribution in [0.25, 0.3) is 22.5 Å². The maximum absolute atomic E-state index is 13.0. The van der Waals surface area contributed by atoms with Gasteiger partial charge in [-0.15, -0.1) is 10.2 Å². The molecular formula is C31H38N6O6S2. The minimum Gasteiger partial charge on any atom is -0.493 e. The number of ether oxygens (including phenoxy) is 4. The molecule has 1 aliphatic rings. The molecule has 1 saturated heterocycles. The van der Waals surface area contributed by atoms with Gasteiger partial charge in [0.25, 0.3) is 0 Å². The van der Waals surface area contributed by atoms with Crippen LogP contribution in [0.3, 0.4) is 0 Å². The predicted molar refractivity (Wildman–Crippen MR) is 178 cm³/mol. The van der Waals surface area contributed by atoms with Crippen molar-refractivity contribution in [2.45, 2.75) is 33.3 Å². The molecule has 4 rings (SSSR count). The molecule has 1 N–H and O–H groups in total. The summed E-state index contributed by atoms with van der Waals surface area (Å²) in [6.07, 6.45) is -0.340. The molecule has 3 aromatic rings. The molecule has 0 aliphatic carbocycles. The van der Waals surface area contributed by atoms with Crippen LogP contribution in [0.4, 0.5) is 10.7 Å². The van der Waals surface area contributed by atoms with E-state index in [1.807, 2.05) is 56.9 Å². The number of nitrogens with one attached hydrogen (secondary N) is 1. The number of piperazine rings is 1. The molecule has 2 amide bonds. The number of aryl methyl sites for hydroxylation is 1. The van der Waals surface area contributed by atoms with Gasteiger partial charge in [-0.25, -0.2) is 9.78 Å². The van der Waals surface area contributed by atoms with Crippen LogP contribution < -0.4 is 19.5 Å². The lowest BCUT2D eigenvalue weighted by atomic mass is 10.0. The molecule has 0 spiro atoms. The highest BCUT2D eigenvalue weighted by Crippen LogP contribution is 2.42. The van der Waals surface area contributed by atoms with Gasteiger partial charge in [-0.1, -0.05) is 53.8 Å². The van der Waals surface area contributed by atoms with E-state index in [0.717, 1.165) is 11.1 Å². The standard InChI is InChI=1S/C31H38N6O6S2/c1-19-8-10-20(11-9-19)26-25(21-16-22(40-5)27(42-7)23(17-21)41-6)33-28(35-34-26)32-24(38)18-45-30(44)37-14-12-36(13-15-37)29(39)43-31(2,3)4/h8-11,16-17H,12-15,18H2,1-7H3,(H,32,33,35,38). The van der Waals surface area contributed by atoms with E-state index in [-0.39, 0.29) is 23.7 Å². The molecule has 2 aromatic carbocycles. The summed E-state index contributed by atoms with van der Waals surface area (Å²) in [5, 5.41) is 11.4. The Labute approximate surface area is 272 Å². The predicted octanol–water partition coefficient (Wildman–Crippen LogP) is 5.05. The van der Waals surface area contributed by atoms with Crippen LogP contribution in [0.1, 0.15) is 26.3 Å². The number of nitrogens with zero attached hydrogens (tertiary/aromatic N) is 5. The summed E-state index contributed by atoms with van der Waals surface area (Å²) in [5.74, 6) is 1.08. The molecule has 0 radical (unpaired) electrons. The zero-order valence-corrected chi connectivity index (χ0v) is 28.1. The number of aromatic nitrogens is 3. The molecular weight excluding hydrogens is 617 g/mol. The molecule has 240 valence electrons. The molecule has 14 heteroatoms. The van der Waals surface area contributed by atoms with Crippen molar-refractivity contribution in [3.8, 4) is 39.8 Å². The summed E-state index contributed by atoms with van der Waals surface area (Å²) >= 11 is 6.81. The fourth-order valence-electron chi connectivity index (χ4n) is 4.48. The van der Waals surface area contributed by atoms with Crippen LogP contribution in [-0.4, -0.2) is 100 Å². The molecule has 12 nitrogen and oxygen atoms in total. The van der Waals surface area contributed by atoms with Crippen molar-refractivity contribution < 1.29 is 28.5 Å². The van der Waals surface area contributed by atoms with Crippen molar-refractivity contribution in [1.29, 1.82) is 0 Å². The number of carbonyl (C=O) groups is 2. The van der Waals surface area contributed by atoms with Crippen LogP contribution in [0, 0.1) is 6.92 Å². The van der Waals surface area contributed by atoms with Crippen molar-refractivity contribution >= 4 is 46.2 Å². The van der Waals surface area contributed by atoms with Crippen molar-refractivity contribution in [2.75, 3.05) is 58.6 Å². The van der Waals surface area contributed by atoms with Gasteiger partial charge in [-0.05, 0) is 39.8 Å². The normalized spacial score (nSPS) is 13.2. The van der Waals surface area contributed by atoms with E-state index in [1.54, 1.807) is 17.0 Å². The molecule has 0 saturated carbocycles. The van der Waals surface area contributed by atoms with E-state index >= 15 is 0 Å². The monoisotopic (exact) mass is 654 g/mol. The largest absolute Gasteiger partial charge is 0.493 e.